The molecule has 8 heteroatoms. The minimum Gasteiger partial charge on any atom is -0.477 e. The molecule has 1 aromatic carbocycles. The van der Waals surface area contributed by atoms with Crippen LogP contribution in [0.4, 0.5) is 5.69 Å². The van der Waals surface area contributed by atoms with Crippen LogP contribution in [0.2, 0.25) is 0 Å². The van der Waals surface area contributed by atoms with E-state index in [-0.39, 0.29) is 21.2 Å². The third-order valence-corrected chi connectivity index (χ3v) is 5.05. The zero-order chi connectivity index (χ0) is 15.6. The van der Waals surface area contributed by atoms with Gasteiger partial charge in [-0.2, -0.15) is 0 Å². The second kappa shape index (κ2) is 5.66. The zero-order valence-electron chi connectivity index (χ0n) is 10.9. The summed E-state index contributed by atoms with van der Waals surface area (Å²) in [4.78, 5) is 21.9. The summed E-state index contributed by atoms with van der Waals surface area (Å²) in [7, 11) is -3.88. The highest BCUT2D eigenvalue weighted by Gasteiger charge is 2.18. The first kappa shape index (κ1) is 15.2. The van der Waals surface area contributed by atoms with Crippen LogP contribution < -0.4 is 4.72 Å². The first-order valence-corrected chi connectivity index (χ1v) is 8.11. The van der Waals surface area contributed by atoms with Gasteiger partial charge in [0.1, 0.15) is 4.88 Å². The summed E-state index contributed by atoms with van der Waals surface area (Å²) < 4.78 is 26.6. The number of carboxylic acids is 1. The average molecular weight is 325 g/mol. The molecule has 0 bridgehead atoms. The maximum absolute atomic E-state index is 12.1. The van der Waals surface area contributed by atoms with Crippen LogP contribution in [-0.2, 0) is 10.0 Å². The van der Waals surface area contributed by atoms with Crippen molar-refractivity contribution in [2.24, 2.45) is 0 Å². The van der Waals surface area contributed by atoms with Crippen LogP contribution in [0, 0.1) is 0 Å². The summed E-state index contributed by atoms with van der Waals surface area (Å²) in [6.07, 6.45) is 0. The van der Waals surface area contributed by atoms with Crippen molar-refractivity contribution in [3.05, 3.63) is 46.2 Å². The fraction of sp³-hybridized carbons (Fsp3) is 0.0769. The SMILES string of the molecule is CC(=O)c1cccc(NS(=O)(=O)c2csc(C(=O)O)c2)c1. The van der Waals surface area contributed by atoms with Crippen molar-refractivity contribution in [2.75, 3.05) is 4.72 Å². The van der Waals surface area contributed by atoms with Crippen molar-refractivity contribution in [1.82, 2.24) is 0 Å². The number of hydrogen-bond donors (Lipinski definition) is 2. The summed E-state index contributed by atoms with van der Waals surface area (Å²) in [5, 5.41) is 10.1. The van der Waals surface area contributed by atoms with E-state index in [4.69, 9.17) is 5.11 Å². The number of hydrogen-bond acceptors (Lipinski definition) is 5. The molecule has 0 saturated carbocycles. The number of aromatic carboxylic acids is 1. The van der Waals surface area contributed by atoms with Gasteiger partial charge in [0.15, 0.2) is 5.78 Å². The van der Waals surface area contributed by atoms with Crippen molar-refractivity contribution < 1.29 is 23.1 Å². The first-order chi connectivity index (χ1) is 9.79. The Morgan fingerprint density at radius 1 is 1.24 bits per heavy atom. The van der Waals surface area contributed by atoms with Gasteiger partial charge in [0.25, 0.3) is 10.0 Å². The summed E-state index contributed by atoms with van der Waals surface area (Å²) in [6.45, 7) is 1.38. The Kier molecular flexibility index (Phi) is 4.10. The molecule has 0 aliphatic heterocycles. The highest BCUT2D eigenvalue weighted by atomic mass is 32.2. The van der Waals surface area contributed by atoms with Crippen LogP contribution in [0.25, 0.3) is 0 Å². The van der Waals surface area contributed by atoms with Gasteiger partial charge in [-0.15, -0.1) is 11.3 Å². The average Bonchev–Trinajstić information content (AvgIpc) is 2.89. The molecule has 21 heavy (non-hydrogen) atoms. The molecule has 0 unspecified atom stereocenters. The Labute approximate surface area is 125 Å². The van der Waals surface area contributed by atoms with Crippen molar-refractivity contribution in [3.8, 4) is 0 Å². The zero-order valence-corrected chi connectivity index (χ0v) is 12.5. The number of carbonyl (C=O) groups excluding carboxylic acids is 1. The number of carbonyl (C=O) groups is 2. The van der Waals surface area contributed by atoms with E-state index in [9.17, 15) is 18.0 Å². The number of ketones is 1. The van der Waals surface area contributed by atoms with Gasteiger partial charge in [-0.05, 0) is 25.1 Å². The maximum Gasteiger partial charge on any atom is 0.345 e. The Morgan fingerprint density at radius 2 is 1.95 bits per heavy atom. The van der Waals surface area contributed by atoms with E-state index in [0.717, 1.165) is 17.4 Å². The minimum absolute atomic E-state index is 0.0622. The monoisotopic (exact) mass is 325 g/mol. The number of rotatable bonds is 5. The van der Waals surface area contributed by atoms with Crippen molar-refractivity contribution >= 4 is 38.8 Å². The molecule has 2 N–H and O–H groups in total. The standard InChI is InChI=1S/C13H11NO5S2/c1-8(15)9-3-2-4-10(5-9)14-21(18,19)11-6-12(13(16)17)20-7-11/h2-7,14H,1H3,(H,16,17). The van der Waals surface area contributed by atoms with E-state index in [1.165, 1.54) is 24.4 Å². The fourth-order valence-corrected chi connectivity index (χ4v) is 3.75. The molecule has 0 fully saturated rings. The van der Waals surface area contributed by atoms with Crippen molar-refractivity contribution in [3.63, 3.8) is 0 Å². The Balaban J connectivity index is 2.30. The second-order valence-corrected chi connectivity index (χ2v) is 6.79. The number of anilines is 1. The van der Waals surface area contributed by atoms with Gasteiger partial charge in [-0.1, -0.05) is 12.1 Å². The van der Waals surface area contributed by atoms with Gasteiger partial charge >= 0.3 is 5.97 Å². The van der Waals surface area contributed by atoms with E-state index in [1.54, 1.807) is 12.1 Å². The predicted octanol–water partition coefficient (Wildman–Crippen LogP) is 2.45. The van der Waals surface area contributed by atoms with Crippen LogP contribution in [0.15, 0.2) is 40.6 Å². The molecule has 0 aliphatic rings. The highest BCUT2D eigenvalue weighted by molar-refractivity contribution is 7.92. The van der Waals surface area contributed by atoms with Crippen molar-refractivity contribution in [2.45, 2.75) is 11.8 Å². The second-order valence-electron chi connectivity index (χ2n) is 4.19. The molecule has 2 aromatic rings. The Hall–Kier alpha value is -2.19. The van der Waals surface area contributed by atoms with Crippen LogP contribution in [0.1, 0.15) is 27.0 Å². The number of sulfonamides is 1. The fourth-order valence-electron chi connectivity index (χ4n) is 1.59. The normalized spacial score (nSPS) is 11.1. The number of benzene rings is 1. The minimum atomic E-state index is -3.88. The lowest BCUT2D eigenvalue weighted by molar-refractivity contribution is 0.0701. The quantitative estimate of drug-likeness (QED) is 0.822. The lowest BCUT2D eigenvalue weighted by atomic mass is 10.1. The Bertz CT molecular complexity index is 807. The largest absolute Gasteiger partial charge is 0.477 e. The van der Waals surface area contributed by atoms with Gasteiger partial charge in [0, 0.05) is 16.6 Å². The molecule has 0 amide bonds. The van der Waals surface area contributed by atoms with Gasteiger partial charge < -0.3 is 5.11 Å². The summed E-state index contributed by atoms with van der Waals surface area (Å²) >= 11 is 0.830. The van der Waals surface area contributed by atoms with Crippen molar-refractivity contribution in [1.29, 1.82) is 0 Å². The maximum atomic E-state index is 12.1. The van der Waals surface area contributed by atoms with Crippen LogP contribution in [-0.4, -0.2) is 25.3 Å². The predicted molar refractivity (Wildman–Crippen MR) is 78.5 cm³/mol. The molecule has 110 valence electrons. The summed E-state index contributed by atoms with van der Waals surface area (Å²) in [6, 6.07) is 7.15. The van der Waals surface area contributed by atoms with Crippen LogP contribution >= 0.6 is 11.3 Å². The number of thiophene rings is 1. The van der Waals surface area contributed by atoms with Crippen LogP contribution in [0.5, 0.6) is 0 Å². The van der Waals surface area contributed by atoms with Gasteiger partial charge in [-0.25, -0.2) is 13.2 Å². The first-order valence-electron chi connectivity index (χ1n) is 5.75. The molecule has 0 aliphatic carbocycles. The topological polar surface area (TPSA) is 101 Å². The van der Waals surface area contributed by atoms with Gasteiger partial charge in [-0.3, -0.25) is 9.52 Å². The molecule has 1 aromatic heterocycles. The van der Waals surface area contributed by atoms with Gasteiger partial charge in [0.05, 0.1) is 4.90 Å². The Morgan fingerprint density at radius 3 is 2.52 bits per heavy atom. The van der Waals surface area contributed by atoms with E-state index in [1.807, 2.05) is 0 Å². The lowest BCUT2D eigenvalue weighted by Gasteiger charge is -2.07. The van der Waals surface area contributed by atoms with Crippen LogP contribution in [0.3, 0.4) is 0 Å². The molecule has 2 rings (SSSR count). The third kappa shape index (κ3) is 3.47. The smallest absolute Gasteiger partial charge is 0.345 e. The van der Waals surface area contributed by atoms with E-state index >= 15 is 0 Å². The third-order valence-electron chi connectivity index (χ3n) is 2.62. The van der Waals surface area contributed by atoms with Gasteiger partial charge in [0.2, 0.25) is 0 Å². The lowest BCUT2D eigenvalue weighted by Crippen LogP contribution is -2.12. The molecular weight excluding hydrogens is 314 g/mol. The summed E-state index contributed by atoms with van der Waals surface area (Å²) in [5.74, 6) is -1.36. The molecule has 6 nitrogen and oxygen atoms in total. The number of nitrogens with one attached hydrogen (secondary N) is 1. The highest BCUT2D eigenvalue weighted by Crippen LogP contribution is 2.22. The number of Topliss-reactive ketones (excluding diaryl/α,β-unsaturated/α-hetero) is 1. The van der Waals surface area contributed by atoms with E-state index < -0.39 is 16.0 Å². The molecular formula is C13H11NO5S2. The molecule has 0 radical (unpaired) electrons. The number of carboxylic acid groups (broad SMARTS) is 1. The molecule has 0 spiro atoms. The molecule has 0 saturated heterocycles. The van der Waals surface area contributed by atoms with E-state index in [0.29, 0.717) is 5.56 Å². The van der Waals surface area contributed by atoms with E-state index in [2.05, 4.69) is 4.72 Å². The summed E-state index contributed by atoms with van der Waals surface area (Å²) in [5.41, 5.74) is 0.623. The molecule has 1 heterocycles. The molecule has 0 atom stereocenters.